The molecule has 15 heavy (non-hydrogen) atoms. The van der Waals surface area contributed by atoms with Gasteiger partial charge in [-0.05, 0) is 42.5 Å². The summed E-state index contributed by atoms with van der Waals surface area (Å²) in [4.78, 5) is 4.36. The van der Waals surface area contributed by atoms with Crippen molar-refractivity contribution in [3.63, 3.8) is 0 Å². The minimum absolute atomic E-state index is 0.793. The van der Waals surface area contributed by atoms with Crippen LogP contribution in [0.25, 0.3) is 10.9 Å². The molecule has 0 N–H and O–H groups in total. The zero-order chi connectivity index (χ0) is 10.3. The molecule has 0 amide bonds. The minimum Gasteiger partial charge on any atom is -0.256 e. The smallest absolute Gasteiger partial charge is 0.0713 e. The molecule has 1 aromatic carbocycles. The highest BCUT2D eigenvalue weighted by Crippen LogP contribution is 2.37. The monoisotopic (exact) mass is 261 g/mol. The Kier molecular flexibility index (Phi) is 2.24. The van der Waals surface area contributed by atoms with E-state index >= 15 is 0 Å². The quantitative estimate of drug-likeness (QED) is 0.748. The molecule has 1 fully saturated rings. The van der Waals surface area contributed by atoms with Crippen molar-refractivity contribution in [1.29, 1.82) is 0 Å². The number of fused-ring (bicyclic) bond motifs is 1. The highest BCUT2D eigenvalue weighted by molar-refractivity contribution is 9.10. The van der Waals surface area contributed by atoms with Crippen LogP contribution in [0.5, 0.6) is 0 Å². The average molecular weight is 262 g/mol. The summed E-state index contributed by atoms with van der Waals surface area (Å²) >= 11 is 3.58. The van der Waals surface area contributed by atoms with E-state index in [4.69, 9.17) is 0 Å². The van der Waals surface area contributed by atoms with Crippen molar-refractivity contribution < 1.29 is 0 Å². The van der Waals surface area contributed by atoms with Crippen molar-refractivity contribution in [3.8, 4) is 0 Å². The van der Waals surface area contributed by atoms with E-state index in [0.29, 0.717) is 0 Å². The first-order chi connectivity index (χ1) is 7.34. The summed E-state index contributed by atoms with van der Waals surface area (Å²) in [5, 5.41) is 1.24. The van der Waals surface area contributed by atoms with Crippen molar-refractivity contribution in [2.45, 2.75) is 25.2 Å². The molecule has 0 atom stereocenters. The number of benzene rings is 1. The van der Waals surface area contributed by atoms with E-state index in [1.165, 1.54) is 30.2 Å². The van der Waals surface area contributed by atoms with Crippen LogP contribution in [0.1, 0.15) is 30.7 Å². The number of hydrogen-bond acceptors (Lipinski definition) is 1. The molecule has 0 aliphatic heterocycles. The third-order valence-electron chi connectivity index (χ3n) is 3.29. The molecule has 0 saturated heterocycles. The molecule has 3 rings (SSSR count). The van der Waals surface area contributed by atoms with Crippen molar-refractivity contribution in [2.24, 2.45) is 0 Å². The number of rotatable bonds is 1. The van der Waals surface area contributed by atoms with Gasteiger partial charge in [0.25, 0.3) is 0 Å². The molecule has 76 valence electrons. The van der Waals surface area contributed by atoms with Crippen molar-refractivity contribution in [1.82, 2.24) is 4.98 Å². The van der Waals surface area contributed by atoms with Gasteiger partial charge in [0, 0.05) is 16.1 Å². The molecule has 0 unspecified atom stereocenters. The van der Waals surface area contributed by atoms with E-state index in [0.717, 1.165) is 15.9 Å². The third-order valence-corrected chi connectivity index (χ3v) is 3.98. The second-order valence-electron chi connectivity index (χ2n) is 4.20. The second kappa shape index (κ2) is 3.60. The minimum atomic E-state index is 0.793. The van der Waals surface area contributed by atoms with Crippen LogP contribution < -0.4 is 0 Å². The van der Waals surface area contributed by atoms with Gasteiger partial charge >= 0.3 is 0 Å². The first-order valence-corrected chi connectivity index (χ1v) is 6.18. The number of aromatic nitrogens is 1. The number of nitrogens with zero attached hydrogens (tertiary/aromatic N) is 1. The molecular weight excluding hydrogens is 250 g/mol. The Morgan fingerprint density at radius 2 is 2.07 bits per heavy atom. The first kappa shape index (κ1) is 9.34. The molecule has 1 saturated carbocycles. The maximum absolute atomic E-state index is 4.36. The van der Waals surface area contributed by atoms with Gasteiger partial charge in [-0.25, -0.2) is 0 Å². The van der Waals surface area contributed by atoms with Crippen molar-refractivity contribution >= 4 is 26.8 Å². The summed E-state index contributed by atoms with van der Waals surface area (Å²) < 4.78 is 1.15. The summed E-state index contributed by atoms with van der Waals surface area (Å²) in [6.45, 7) is 0. The van der Waals surface area contributed by atoms with E-state index in [1.54, 1.807) is 0 Å². The Balaban J connectivity index is 2.15. The van der Waals surface area contributed by atoms with Crippen LogP contribution in [0, 0.1) is 0 Å². The van der Waals surface area contributed by atoms with Crippen LogP contribution >= 0.6 is 15.9 Å². The molecule has 1 heterocycles. The Hall–Kier alpha value is -0.890. The van der Waals surface area contributed by atoms with Gasteiger partial charge in [-0.3, -0.25) is 4.98 Å². The molecular formula is C13H12BrN. The van der Waals surface area contributed by atoms with Gasteiger partial charge in [-0.2, -0.15) is 0 Å². The van der Waals surface area contributed by atoms with Gasteiger partial charge in [-0.1, -0.05) is 28.4 Å². The number of pyridine rings is 1. The summed E-state index contributed by atoms with van der Waals surface area (Å²) in [5.41, 5.74) is 2.55. The van der Waals surface area contributed by atoms with Crippen molar-refractivity contribution in [3.05, 3.63) is 40.5 Å². The topological polar surface area (TPSA) is 12.9 Å². The number of halogens is 1. The predicted molar refractivity (Wildman–Crippen MR) is 66.0 cm³/mol. The fraction of sp³-hybridized carbons (Fsp3) is 0.308. The summed E-state index contributed by atoms with van der Waals surface area (Å²) in [7, 11) is 0. The number of hydrogen-bond donors (Lipinski definition) is 0. The Morgan fingerprint density at radius 3 is 2.80 bits per heavy atom. The van der Waals surface area contributed by atoms with E-state index in [9.17, 15) is 0 Å². The Morgan fingerprint density at radius 1 is 1.20 bits per heavy atom. The molecule has 1 aliphatic carbocycles. The molecule has 0 radical (unpaired) electrons. The van der Waals surface area contributed by atoms with Gasteiger partial charge in [0.15, 0.2) is 0 Å². The van der Waals surface area contributed by atoms with Crippen LogP contribution in [-0.2, 0) is 0 Å². The molecule has 2 heteroatoms. The SMILES string of the molecule is Brc1ccnc2ccc(C3CCC3)cc12. The molecule has 0 spiro atoms. The average Bonchev–Trinajstić information content (AvgIpc) is 2.17. The standard InChI is InChI=1S/C13H12BrN/c14-12-6-7-15-13-5-4-10(8-11(12)13)9-2-1-3-9/h4-9H,1-3H2. The predicted octanol–water partition coefficient (Wildman–Crippen LogP) is 4.26. The summed E-state index contributed by atoms with van der Waals surface area (Å²) in [6, 6.07) is 8.66. The lowest BCUT2D eigenvalue weighted by molar-refractivity contribution is 0.420. The highest BCUT2D eigenvalue weighted by Gasteiger charge is 2.19. The second-order valence-corrected chi connectivity index (χ2v) is 5.05. The largest absolute Gasteiger partial charge is 0.256 e. The highest BCUT2D eigenvalue weighted by atomic mass is 79.9. The normalized spacial score (nSPS) is 16.6. The summed E-state index contributed by atoms with van der Waals surface area (Å²) in [6.07, 6.45) is 5.93. The van der Waals surface area contributed by atoms with E-state index in [1.807, 2.05) is 12.3 Å². The van der Waals surface area contributed by atoms with Crippen LogP contribution in [0.4, 0.5) is 0 Å². The lowest BCUT2D eigenvalue weighted by atomic mass is 9.80. The molecule has 2 aromatic rings. The molecule has 0 bridgehead atoms. The fourth-order valence-electron chi connectivity index (χ4n) is 2.13. The van der Waals surface area contributed by atoms with E-state index in [2.05, 4.69) is 39.1 Å². The van der Waals surface area contributed by atoms with Crippen LogP contribution in [0.2, 0.25) is 0 Å². The third kappa shape index (κ3) is 1.57. The van der Waals surface area contributed by atoms with Crippen LogP contribution in [0.3, 0.4) is 0 Å². The van der Waals surface area contributed by atoms with Crippen LogP contribution in [0.15, 0.2) is 34.9 Å². The first-order valence-electron chi connectivity index (χ1n) is 5.39. The van der Waals surface area contributed by atoms with Crippen molar-refractivity contribution in [2.75, 3.05) is 0 Å². The summed E-state index contributed by atoms with van der Waals surface area (Å²) in [5.74, 6) is 0.793. The maximum atomic E-state index is 4.36. The Labute approximate surface area is 97.7 Å². The molecule has 1 aliphatic rings. The van der Waals surface area contributed by atoms with Gasteiger partial charge in [0.05, 0.1) is 5.52 Å². The Bertz CT molecular complexity index is 503. The van der Waals surface area contributed by atoms with Gasteiger partial charge in [0.1, 0.15) is 0 Å². The van der Waals surface area contributed by atoms with E-state index in [-0.39, 0.29) is 0 Å². The molecule has 1 nitrogen and oxygen atoms in total. The fourth-order valence-corrected chi connectivity index (χ4v) is 2.56. The van der Waals surface area contributed by atoms with Crippen LogP contribution in [-0.4, -0.2) is 4.98 Å². The lowest BCUT2D eigenvalue weighted by Crippen LogP contribution is -2.08. The van der Waals surface area contributed by atoms with Gasteiger partial charge in [-0.15, -0.1) is 0 Å². The molecule has 1 aromatic heterocycles. The van der Waals surface area contributed by atoms with Gasteiger partial charge < -0.3 is 0 Å². The zero-order valence-corrected chi connectivity index (χ0v) is 10.00. The lowest BCUT2D eigenvalue weighted by Gasteiger charge is -2.26. The maximum Gasteiger partial charge on any atom is 0.0713 e. The van der Waals surface area contributed by atoms with Gasteiger partial charge in [0.2, 0.25) is 0 Å². The van der Waals surface area contributed by atoms with E-state index < -0.39 is 0 Å². The zero-order valence-electron chi connectivity index (χ0n) is 8.41.